The van der Waals surface area contributed by atoms with Crippen LogP contribution in [0.5, 0.6) is 5.75 Å². The first kappa shape index (κ1) is 18.5. The lowest BCUT2D eigenvalue weighted by atomic mass is 10.1. The lowest BCUT2D eigenvalue weighted by molar-refractivity contribution is -0.116. The molecule has 0 unspecified atom stereocenters. The number of likely N-dealkylation sites (N-methyl/N-ethyl adjacent to an activating group) is 1. The summed E-state index contributed by atoms with van der Waals surface area (Å²) in [7, 11) is 1.61. The molecule has 0 atom stereocenters. The summed E-state index contributed by atoms with van der Waals surface area (Å²) in [5.74, 6) is 0.281. The van der Waals surface area contributed by atoms with Crippen molar-refractivity contribution in [1.82, 2.24) is 4.90 Å². The number of nitrogens with zero attached hydrogens (tertiary/aromatic N) is 1. The van der Waals surface area contributed by atoms with Crippen molar-refractivity contribution in [2.45, 2.75) is 20.8 Å². The third kappa shape index (κ3) is 5.08. The number of anilines is 1. The van der Waals surface area contributed by atoms with Crippen LogP contribution in [0.25, 0.3) is 0 Å². The van der Waals surface area contributed by atoms with Crippen LogP contribution >= 0.6 is 0 Å². The molecular formula is C20H24N2O3. The smallest absolute Gasteiger partial charge is 0.254 e. The molecule has 5 nitrogen and oxygen atoms in total. The van der Waals surface area contributed by atoms with Gasteiger partial charge in [-0.1, -0.05) is 12.1 Å². The van der Waals surface area contributed by atoms with E-state index in [2.05, 4.69) is 5.32 Å². The highest BCUT2D eigenvalue weighted by Crippen LogP contribution is 2.17. The van der Waals surface area contributed by atoms with Gasteiger partial charge in [0.05, 0.1) is 13.2 Å². The molecular weight excluding hydrogens is 316 g/mol. The molecule has 0 radical (unpaired) electrons. The van der Waals surface area contributed by atoms with E-state index in [0.29, 0.717) is 12.2 Å². The van der Waals surface area contributed by atoms with Crippen LogP contribution in [0.3, 0.4) is 0 Å². The van der Waals surface area contributed by atoms with Gasteiger partial charge in [-0.25, -0.2) is 0 Å². The molecule has 2 amide bonds. The van der Waals surface area contributed by atoms with Crippen molar-refractivity contribution in [3.8, 4) is 5.75 Å². The highest BCUT2D eigenvalue weighted by atomic mass is 16.5. The zero-order valence-electron chi connectivity index (χ0n) is 15.1. The minimum atomic E-state index is -0.226. The second kappa shape index (κ2) is 8.33. The Morgan fingerprint density at radius 3 is 2.40 bits per heavy atom. The number of hydrogen-bond donors (Lipinski definition) is 1. The fourth-order valence-corrected chi connectivity index (χ4v) is 2.43. The van der Waals surface area contributed by atoms with Crippen LogP contribution in [0.4, 0.5) is 5.69 Å². The molecule has 0 aromatic heterocycles. The van der Waals surface area contributed by atoms with E-state index < -0.39 is 0 Å². The number of ether oxygens (including phenoxy) is 1. The summed E-state index contributed by atoms with van der Waals surface area (Å²) in [4.78, 5) is 26.1. The quantitative estimate of drug-likeness (QED) is 0.877. The summed E-state index contributed by atoms with van der Waals surface area (Å²) in [6.07, 6.45) is 0. The van der Waals surface area contributed by atoms with Crippen LogP contribution in [-0.2, 0) is 4.79 Å². The first-order valence-corrected chi connectivity index (χ1v) is 8.26. The molecule has 132 valence electrons. The predicted molar refractivity (Wildman–Crippen MR) is 99.1 cm³/mol. The van der Waals surface area contributed by atoms with Gasteiger partial charge in [-0.3, -0.25) is 9.59 Å². The Bertz CT molecular complexity index is 754. The molecule has 0 aliphatic rings. The highest BCUT2D eigenvalue weighted by Gasteiger charge is 2.15. The predicted octanol–water partition coefficient (Wildman–Crippen LogP) is 3.41. The van der Waals surface area contributed by atoms with E-state index in [1.807, 2.05) is 39.0 Å². The Morgan fingerprint density at radius 1 is 1.08 bits per heavy atom. The maximum absolute atomic E-state index is 12.4. The maximum atomic E-state index is 12.4. The van der Waals surface area contributed by atoms with Crippen molar-refractivity contribution in [3.63, 3.8) is 0 Å². The standard InChI is InChI=1S/C20H24N2O3/c1-5-25-17-10-8-16(9-11-17)20(24)22(4)13-19(23)21-18-12-14(2)6-7-15(18)3/h6-12H,5,13H2,1-4H3,(H,21,23). The van der Waals surface area contributed by atoms with E-state index in [0.717, 1.165) is 22.6 Å². The van der Waals surface area contributed by atoms with Gasteiger partial charge < -0.3 is 15.0 Å². The van der Waals surface area contributed by atoms with Gasteiger partial charge in [0.25, 0.3) is 5.91 Å². The number of rotatable bonds is 6. The van der Waals surface area contributed by atoms with E-state index in [-0.39, 0.29) is 18.4 Å². The fraction of sp³-hybridized carbons (Fsp3) is 0.300. The molecule has 2 rings (SSSR count). The van der Waals surface area contributed by atoms with Gasteiger partial charge in [-0.15, -0.1) is 0 Å². The van der Waals surface area contributed by atoms with Gasteiger partial charge in [-0.05, 0) is 62.2 Å². The van der Waals surface area contributed by atoms with Gasteiger partial charge in [0, 0.05) is 18.3 Å². The SMILES string of the molecule is CCOc1ccc(C(=O)N(C)CC(=O)Nc2cc(C)ccc2C)cc1. The summed E-state index contributed by atoms with van der Waals surface area (Å²) >= 11 is 0. The summed E-state index contributed by atoms with van der Waals surface area (Å²) in [5.41, 5.74) is 3.34. The lowest BCUT2D eigenvalue weighted by Crippen LogP contribution is -2.35. The normalized spacial score (nSPS) is 10.2. The molecule has 0 fully saturated rings. The Labute approximate surface area is 148 Å². The second-order valence-corrected chi connectivity index (χ2v) is 5.99. The van der Waals surface area contributed by atoms with E-state index >= 15 is 0 Å². The third-order valence-corrected chi connectivity index (χ3v) is 3.81. The number of benzene rings is 2. The van der Waals surface area contributed by atoms with Gasteiger partial charge >= 0.3 is 0 Å². The lowest BCUT2D eigenvalue weighted by Gasteiger charge is -2.18. The van der Waals surface area contributed by atoms with Crippen LogP contribution in [0.1, 0.15) is 28.4 Å². The van der Waals surface area contributed by atoms with Crippen molar-refractivity contribution in [2.24, 2.45) is 0 Å². The van der Waals surface area contributed by atoms with E-state index in [1.165, 1.54) is 4.90 Å². The Kier molecular flexibility index (Phi) is 6.17. The summed E-state index contributed by atoms with van der Waals surface area (Å²) < 4.78 is 5.36. The molecule has 0 aliphatic heterocycles. The molecule has 0 heterocycles. The van der Waals surface area contributed by atoms with Gasteiger partial charge in [0.15, 0.2) is 0 Å². The molecule has 1 N–H and O–H groups in total. The Morgan fingerprint density at radius 2 is 1.76 bits per heavy atom. The molecule has 0 saturated heterocycles. The molecule has 0 aliphatic carbocycles. The Hall–Kier alpha value is -2.82. The monoisotopic (exact) mass is 340 g/mol. The summed E-state index contributed by atoms with van der Waals surface area (Å²) in [6.45, 7) is 6.37. The Balaban J connectivity index is 1.98. The van der Waals surface area contributed by atoms with E-state index in [4.69, 9.17) is 4.74 Å². The van der Waals surface area contributed by atoms with Crippen molar-refractivity contribution in [2.75, 3.05) is 25.5 Å². The van der Waals surface area contributed by atoms with Gasteiger partial charge in [0.1, 0.15) is 5.75 Å². The molecule has 5 heteroatoms. The number of carbonyl (C=O) groups is 2. The van der Waals surface area contributed by atoms with Crippen LogP contribution in [-0.4, -0.2) is 36.9 Å². The number of amides is 2. The number of hydrogen-bond acceptors (Lipinski definition) is 3. The minimum absolute atomic E-state index is 0.0145. The maximum Gasteiger partial charge on any atom is 0.254 e. The van der Waals surface area contributed by atoms with Gasteiger partial charge in [-0.2, -0.15) is 0 Å². The third-order valence-electron chi connectivity index (χ3n) is 3.81. The summed E-state index contributed by atoms with van der Waals surface area (Å²) in [5, 5.41) is 2.86. The van der Waals surface area contributed by atoms with Crippen LogP contribution in [0.2, 0.25) is 0 Å². The topological polar surface area (TPSA) is 58.6 Å². The van der Waals surface area contributed by atoms with Crippen LogP contribution < -0.4 is 10.1 Å². The number of carbonyl (C=O) groups excluding carboxylic acids is 2. The van der Waals surface area contributed by atoms with E-state index in [9.17, 15) is 9.59 Å². The molecule has 0 spiro atoms. The molecule has 0 saturated carbocycles. The van der Waals surface area contributed by atoms with Crippen molar-refractivity contribution in [1.29, 1.82) is 0 Å². The van der Waals surface area contributed by atoms with Crippen molar-refractivity contribution in [3.05, 3.63) is 59.2 Å². The highest BCUT2D eigenvalue weighted by molar-refractivity contribution is 5.99. The van der Waals surface area contributed by atoms with E-state index in [1.54, 1.807) is 31.3 Å². The molecule has 0 bridgehead atoms. The largest absolute Gasteiger partial charge is 0.494 e. The first-order valence-electron chi connectivity index (χ1n) is 8.26. The fourth-order valence-electron chi connectivity index (χ4n) is 2.43. The second-order valence-electron chi connectivity index (χ2n) is 5.99. The van der Waals surface area contributed by atoms with Crippen LogP contribution in [0, 0.1) is 13.8 Å². The van der Waals surface area contributed by atoms with Crippen molar-refractivity contribution >= 4 is 17.5 Å². The van der Waals surface area contributed by atoms with Crippen molar-refractivity contribution < 1.29 is 14.3 Å². The zero-order chi connectivity index (χ0) is 18.4. The number of nitrogens with one attached hydrogen (secondary N) is 1. The first-order chi connectivity index (χ1) is 11.9. The zero-order valence-corrected chi connectivity index (χ0v) is 15.1. The number of aryl methyl sites for hydroxylation is 2. The van der Waals surface area contributed by atoms with Crippen LogP contribution in [0.15, 0.2) is 42.5 Å². The van der Waals surface area contributed by atoms with Gasteiger partial charge in [0.2, 0.25) is 5.91 Å². The molecule has 2 aromatic rings. The molecule has 25 heavy (non-hydrogen) atoms. The average molecular weight is 340 g/mol. The minimum Gasteiger partial charge on any atom is -0.494 e. The average Bonchev–Trinajstić information content (AvgIpc) is 2.58. The summed E-state index contributed by atoms with van der Waals surface area (Å²) in [6, 6.07) is 12.8. The molecule has 2 aromatic carbocycles.